The zero-order chi connectivity index (χ0) is 37.2. The number of carbonyl (C=O) groups is 2. The van der Waals surface area contributed by atoms with Crippen LogP contribution in [-0.2, 0) is 21.2 Å². The van der Waals surface area contributed by atoms with E-state index in [-0.39, 0.29) is 17.2 Å². The molecule has 0 heterocycles. The molecule has 4 aromatic rings. The molecule has 3 amide bonds. The molecule has 0 saturated carbocycles. The highest BCUT2D eigenvalue weighted by molar-refractivity contribution is 7.90. The van der Waals surface area contributed by atoms with E-state index in [1.807, 2.05) is 60.7 Å². The van der Waals surface area contributed by atoms with Crippen molar-refractivity contribution in [2.75, 3.05) is 7.11 Å². The molecule has 13 heteroatoms. The summed E-state index contributed by atoms with van der Waals surface area (Å²) in [5.41, 5.74) is 11.9. The molecule has 1 unspecified atom stereocenters. The fourth-order valence-electron chi connectivity index (χ4n) is 5.20. The van der Waals surface area contributed by atoms with Gasteiger partial charge in [0.2, 0.25) is 0 Å². The van der Waals surface area contributed by atoms with Crippen LogP contribution in [0.25, 0.3) is 0 Å². The molecule has 0 aliphatic heterocycles. The van der Waals surface area contributed by atoms with Gasteiger partial charge in [-0.15, -0.1) is 4.40 Å². The number of hydrogen-bond donors (Lipinski definition) is 4. The lowest BCUT2D eigenvalue weighted by Crippen LogP contribution is -2.42. The van der Waals surface area contributed by atoms with Crippen molar-refractivity contribution < 1.29 is 27.5 Å². The maximum atomic E-state index is 13.3. The average molecular weight is 713 g/mol. The first-order valence-corrected chi connectivity index (χ1v) is 17.6. The Morgan fingerprint density at radius 3 is 2.08 bits per heavy atom. The van der Waals surface area contributed by atoms with Gasteiger partial charge in [-0.1, -0.05) is 78.9 Å². The second-order valence-corrected chi connectivity index (χ2v) is 14.4. The summed E-state index contributed by atoms with van der Waals surface area (Å²) in [6, 6.07) is 27.2. The zero-order valence-electron chi connectivity index (χ0n) is 29.5. The second kappa shape index (κ2) is 16.8. The maximum absolute atomic E-state index is 13.3. The monoisotopic (exact) mass is 712 g/mol. The molecule has 0 bridgehead atoms. The van der Waals surface area contributed by atoms with E-state index in [0.29, 0.717) is 28.0 Å². The minimum absolute atomic E-state index is 0.0214. The number of urea groups is 1. The van der Waals surface area contributed by atoms with Gasteiger partial charge in [0.05, 0.1) is 24.1 Å². The Balaban J connectivity index is 1.53. The smallest absolute Gasteiger partial charge is 0.408 e. The molecule has 5 N–H and O–H groups in total. The van der Waals surface area contributed by atoms with Crippen LogP contribution in [0, 0.1) is 13.8 Å². The number of sulfonamides is 1. The number of aryl methyl sites for hydroxylation is 2. The van der Waals surface area contributed by atoms with E-state index in [1.54, 1.807) is 65.0 Å². The Kier molecular flexibility index (Phi) is 12.6. The molecule has 0 radical (unpaired) electrons. The topological polar surface area (TPSA) is 174 Å². The first-order chi connectivity index (χ1) is 24.1. The third-order valence-corrected chi connectivity index (χ3v) is 8.96. The lowest BCUT2D eigenvalue weighted by Gasteiger charge is -2.22. The Morgan fingerprint density at radius 2 is 1.49 bits per heavy atom. The molecule has 4 rings (SSSR count). The molecule has 268 valence electrons. The van der Waals surface area contributed by atoms with E-state index in [4.69, 9.17) is 15.2 Å². The van der Waals surface area contributed by atoms with E-state index in [2.05, 4.69) is 25.6 Å². The van der Waals surface area contributed by atoms with Gasteiger partial charge in [-0.05, 0) is 87.1 Å². The summed E-state index contributed by atoms with van der Waals surface area (Å²) >= 11 is 0. The quantitative estimate of drug-likeness (QED) is 0.0802. The fourth-order valence-corrected chi connectivity index (χ4v) is 6.46. The number of alkyl carbamates (subject to hydrolysis) is 1. The largest absolute Gasteiger partial charge is 0.496 e. The van der Waals surface area contributed by atoms with Crippen molar-refractivity contribution in [3.63, 3.8) is 0 Å². The molecule has 0 spiro atoms. The van der Waals surface area contributed by atoms with Crippen molar-refractivity contribution in [1.29, 1.82) is 0 Å². The van der Waals surface area contributed by atoms with Crippen molar-refractivity contribution in [1.82, 2.24) is 16.1 Å². The molecule has 51 heavy (non-hydrogen) atoms. The van der Waals surface area contributed by atoms with Gasteiger partial charge in [-0.2, -0.15) is 13.5 Å². The van der Waals surface area contributed by atoms with E-state index in [1.165, 1.54) is 19.4 Å². The van der Waals surface area contributed by atoms with Gasteiger partial charge in [0, 0.05) is 11.8 Å². The number of nitrogens with one attached hydrogen (secondary N) is 3. The third kappa shape index (κ3) is 11.2. The fraction of sp³-hybridized carbons (Fsp3) is 0.263. The molecule has 0 fully saturated rings. The Morgan fingerprint density at radius 1 is 0.863 bits per heavy atom. The molecule has 12 nitrogen and oxygen atoms in total. The first kappa shape index (κ1) is 38.1. The Labute approximate surface area is 299 Å². The average Bonchev–Trinajstić information content (AvgIpc) is 3.07. The number of methoxy groups -OCH3 is 1. The molecule has 1 atom stereocenters. The predicted molar refractivity (Wildman–Crippen MR) is 199 cm³/mol. The summed E-state index contributed by atoms with van der Waals surface area (Å²) < 4.78 is 41.2. The highest BCUT2D eigenvalue weighted by atomic mass is 32.2. The standard InChI is InChI=1S/C38H44N6O6S/c1-25-21-33(26(2)20-32(25)49-6)51(47,48)44-35(39)30-19-13-14-27(22-30)23-31(41-37(46)50-38(3,4)5)24-40-43-36(45)42-34(28-15-9-7-10-16-28)29-17-11-8-12-18-29/h7-22,24,31,34H,23H2,1-6H3,(H2,39,44)(H,41,46)(H2,42,43,45)/b40-24+. The highest BCUT2D eigenvalue weighted by Crippen LogP contribution is 2.27. The number of ether oxygens (including phenoxy) is 2. The molecule has 0 saturated heterocycles. The Bertz CT molecular complexity index is 1960. The number of benzene rings is 4. The maximum Gasteiger partial charge on any atom is 0.408 e. The van der Waals surface area contributed by atoms with Crippen LogP contribution < -0.4 is 26.5 Å². The summed E-state index contributed by atoms with van der Waals surface area (Å²) in [7, 11) is -2.64. The van der Waals surface area contributed by atoms with Crippen LogP contribution in [0.3, 0.4) is 0 Å². The molecule has 4 aromatic carbocycles. The number of nitrogens with two attached hydrogens (primary N) is 1. The number of amides is 3. The summed E-state index contributed by atoms with van der Waals surface area (Å²) in [5.74, 6) is 0.355. The van der Waals surface area contributed by atoms with Crippen LogP contribution in [0.4, 0.5) is 9.59 Å². The number of hydrogen-bond acceptors (Lipinski definition) is 7. The lowest BCUT2D eigenvalue weighted by molar-refractivity contribution is 0.0519. The van der Waals surface area contributed by atoms with Crippen molar-refractivity contribution >= 4 is 34.2 Å². The SMILES string of the molecule is COc1cc(C)c(S(=O)(=O)/N=C(\N)c2cccc(CC(/C=N/NC(=O)NC(c3ccccc3)c3ccccc3)NC(=O)OC(C)(C)C)c2)cc1C. The number of nitrogens with zero attached hydrogens (tertiary/aromatic N) is 2. The number of hydrazone groups is 1. The van der Waals surface area contributed by atoms with Crippen molar-refractivity contribution in [2.45, 2.75) is 63.6 Å². The van der Waals surface area contributed by atoms with E-state index in [9.17, 15) is 18.0 Å². The normalized spacial score (nSPS) is 12.7. The number of carbonyl (C=O) groups excluding carboxylic acids is 2. The Hall–Kier alpha value is -5.69. The minimum atomic E-state index is -4.15. The summed E-state index contributed by atoms with van der Waals surface area (Å²) in [5, 5.41) is 9.85. The van der Waals surface area contributed by atoms with E-state index in [0.717, 1.165) is 11.1 Å². The predicted octanol–water partition coefficient (Wildman–Crippen LogP) is 5.92. The zero-order valence-corrected chi connectivity index (χ0v) is 30.3. The number of rotatable bonds is 12. The number of amidine groups is 1. The van der Waals surface area contributed by atoms with Gasteiger partial charge in [-0.3, -0.25) is 0 Å². The van der Waals surface area contributed by atoms with E-state index < -0.39 is 39.8 Å². The van der Waals surface area contributed by atoms with Crippen molar-refractivity contribution in [3.05, 3.63) is 130 Å². The van der Waals surface area contributed by atoms with Crippen LogP contribution in [0.1, 0.15) is 60.2 Å². The molecule has 0 aromatic heterocycles. The summed E-state index contributed by atoms with van der Waals surface area (Å²) in [4.78, 5) is 25.8. The van der Waals surface area contributed by atoms with Crippen molar-refractivity contribution in [2.24, 2.45) is 15.2 Å². The summed E-state index contributed by atoms with van der Waals surface area (Å²) in [6.45, 7) is 8.63. The van der Waals surface area contributed by atoms with Gasteiger partial charge in [0.25, 0.3) is 10.0 Å². The van der Waals surface area contributed by atoms with Gasteiger partial charge in [-0.25, -0.2) is 15.0 Å². The highest BCUT2D eigenvalue weighted by Gasteiger charge is 2.22. The van der Waals surface area contributed by atoms with Crippen LogP contribution in [-0.4, -0.2) is 51.3 Å². The van der Waals surface area contributed by atoms with E-state index >= 15 is 0 Å². The van der Waals surface area contributed by atoms with Crippen LogP contribution in [0.15, 0.2) is 111 Å². The minimum Gasteiger partial charge on any atom is -0.496 e. The van der Waals surface area contributed by atoms with Gasteiger partial charge < -0.3 is 25.8 Å². The molecule has 0 aliphatic rings. The van der Waals surface area contributed by atoms with Gasteiger partial charge in [0.1, 0.15) is 17.2 Å². The van der Waals surface area contributed by atoms with Gasteiger partial charge in [0.15, 0.2) is 0 Å². The van der Waals surface area contributed by atoms with Crippen molar-refractivity contribution in [3.8, 4) is 5.75 Å². The third-order valence-electron chi connectivity index (χ3n) is 7.53. The van der Waals surface area contributed by atoms with Crippen LogP contribution >= 0.6 is 0 Å². The molecular weight excluding hydrogens is 669 g/mol. The lowest BCUT2D eigenvalue weighted by atomic mass is 9.99. The second-order valence-electron chi connectivity index (χ2n) is 12.8. The molecular formula is C38H44N6O6S. The van der Waals surface area contributed by atoms with Crippen LogP contribution in [0.5, 0.6) is 5.75 Å². The summed E-state index contributed by atoms with van der Waals surface area (Å²) in [6.07, 6.45) is 0.880. The molecule has 0 aliphatic carbocycles. The van der Waals surface area contributed by atoms with Gasteiger partial charge >= 0.3 is 12.1 Å². The van der Waals surface area contributed by atoms with Crippen LogP contribution in [0.2, 0.25) is 0 Å². The first-order valence-electron chi connectivity index (χ1n) is 16.2.